The smallest absolute Gasteiger partial charge is 0.394 e. The maximum absolute atomic E-state index is 11.3. The summed E-state index contributed by atoms with van der Waals surface area (Å²) in [6.45, 7) is 3.18. The van der Waals surface area contributed by atoms with E-state index in [2.05, 4.69) is 13.6 Å². The van der Waals surface area contributed by atoms with Crippen LogP contribution in [0.2, 0.25) is 0 Å². The molecule has 16 nitrogen and oxygen atoms in total. The van der Waals surface area contributed by atoms with Crippen molar-refractivity contribution in [1.29, 1.82) is 0 Å². The Bertz CT molecular complexity index is 868. The Morgan fingerprint density at radius 1 is 1.07 bits per heavy atom. The Balaban J connectivity index is 0.000000528. The minimum Gasteiger partial charge on any atom is -0.394 e. The van der Waals surface area contributed by atoms with Crippen molar-refractivity contribution in [3.63, 3.8) is 0 Å². The highest BCUT2D eigenvalue weighted by Gasteiger charge is 2.38. The second-order valence-electron chi connectivity index (χ2n) is 4.94. The summed E-state index contributed by atoms with van der Waals surface area (Å²) >= 11 is 0. The van der Waals surface area contributed by atoms with Gasteiger partial charge in [-0.25, -0.2) is 18.5 Å². The number of phosphoric acid groups is 3. The standard InChI is InChI=1S/C9H14N2O4.H5O10P3/c1-6-3-11(5-15-7(2)4-12)9(14)10-8(6)13;1-11(2,3)9-13(7,8)10-12(4,5)6/h3,7,12H,4-5H2,1-2H3,(H,10,13,14);(H,7,8)(H2,1,2,3)(H2,4,5,6). The van der Waals surface area contributed by atoms with Crippen LogP contribution in [0.3, 0.4) is 0 Å². The molecule has 0 fully saturated rings. The lowest BCUT2D eigenvalue weighted by Gasteiger charge is -2.11. The molecule has 1 heterocycles. The van der Waals surface area contributed by atoms with Gasteiger partial charge in [0.05, 0.1) is 12.7 Å². The number of ether oxygens (including phenoxy) is 1. The molecule has 0 amide bonds. The van der Waals surface area contributed by atoms with Gasteiger partial charge in [-0.15, -0.1) is 0 Å². The number of aryl methyl sites for hydroxylation is 1. The van der Waals surface area contributed by atoms with Gasteiger partial charge in [0.15, 0.2) is 0 Å². The molecule has 0 saturated heterocycles. The largest absolute Gasteiger partial charge is 0.490 e. The predicted octanol–water partition coefficient (Wildman–Crippen LogP) is -1.49. The van der Waals surface area contributed by atoms with Crippen molar-refractivity contribution in [2.24, 2.45) is 0 Å². The van der Waals surface area contributed by atoms with Crippen LogP contribution in [0.5, 0.6) is 0 Å². The maximum atomic E-state index is 11.3. The summed E-state index contributed by atoms with van der Waals surface area (Å²) in [5, 5.41) is 8.71. The van der Waals surface area contributed by atoms with E-state index in [0.717, 1.165) is 0 Å². The van der Waals surface area contributed by atoms with E-state index in [0.29, 0.717) is 5.56 Å². The zero-order valence-corrected chi connectivity index (χ0v) is 17.0. The number of H-pyrrole nitrogens is 1. The molecule has 0 aromatic carbocycles. The molecule has 0 aliphatic heterocycles. The zero-order chi connectivity index (χ0) is 22.3. The van der Waals surface area contributed by atoms with Crippen LogP contribution in [0.15, 0.2) is 15.8 Å². The Labute approximate surface area is 156 Å². The van der Waals surface area contributed by atoms with Gasteiger partial charge < -0.3 is 34.3 Å². The van der Waals surface area contributed by atoms with Gasteiger partial charge in [-0.3, -0.25) is 14.3 Å². The minimum absolute atomic E-state index is 0.0121. The van der Waals surface area contributed by atoms with Crippen LogP contribution in [0.25, 0.3) is 0 Å². The number of aliphatic hydroxyl groups excluding tert-OH is 1. The molecule has 0 radical (unpaired) electrons. The van der Waals surface area contributed by atoms with Crippen LogP contribution in [0, 0.1) is 6.92 Å². The summed E-state index contributed by atoms with van der Waals surface area (Å²) in [5.41, 5.74) is -0.475. The molecule has 0 spiro atoms. The molecule has 7 N–H and O–H groups in total. The number of aromatic amines is 1. The average Bonchev–Trinajstić information content (AvgIpc) is 2.44. The van der Waals surface area contributed by atoms with E-state index < -0.39 is 34.7 Å². The normalized spacial score (nSPS) is 13.6. The number of nitrogens with zero attached hydrogens (tertiary/aromatic N) is 1. The van der Waals surface area contributed by atoms with Crippen molar-refractivity contribution in [3.8, 4) is 0 Å². The van der Waals surface area contributed by atoms with Crippen LogP contribution in [0.1, 0.15) is 12.5 Å². The number of hydrogen-bond donors (Lipinski definition) is 7. The van der Waals surface area contributed by atoms with Crippen molar-refractivity contribution >= 4 is 23.5 Å². The van der Waals surface area contributed by atoms with Gasteiger partial charge in [-0.2, -0.15) is 8.62 Å². The summed E-state index contributed by atoms with van der Waals surface area (Å²) in [7, 11) is -16.2. The van der Waals surface area contributed by atoms with Gasteiger partial charge in [0.1, 0.15) is 6.73 Å². The first-order valence-electron chi connectivity index (χ1n) is 6.85. The number of rotatable bonds is 8. The van der Waals surface area contributed by atoms with Crippen molar-refractivity contribution in [2.75, 3.05) is 6.61 Å². The number of nitrogens with one attached hydrogen (secondary N) is 1. The number of aromatic nitrogens is 2. The van der Waals surface area contributed by atoms with Gasteiger partial charge in [-0.1, -0.05) is 0 Å². The lowest BCUT2D eigenvalue weighted by Crippen LogP contribution is -2.32. The van der Waals surface area contributed by atoms with Gasteiger partial charge in [0.25, 0.3) is 5.56 Å². The topological polar surface area (TPSA) is 255 Å². The van der Waals surface area contributed by atoms with E-state index in [9.17, 15) is 23.3 Å². The second kappa shape index (κ2) is 10.7. The SMILES string of the molecule is Cc1cn(COC(C)CO)c(=O)[nH]c1=O.O=P(O)(O)OP(=O)(O)OP(=O)(O)O. The summed E-state index contributed by atoms with van der Waals surface area (Å²) < 4.78 is 42.8. The molecular weight excluding hydrogens is 453 g/mol. The first kappa shape index (κ1) is 27.0. The summed E-state index contributed by atoms with van der Waals surface area (Å²) in [4.78, 5) is 64.7. The lowest BCUT2D eigenvalue weighted by molar-refractivity contribution is -0.0148. The van der Waals surface area contributed by atoms with Gasteiger partial charge in [0.2, 0.25) is 0 Å². The van der Waals surface area contributed by atoms with Crippen molar-refractivity contribution in [1.82, 2.24) is 9.55 Å². The van der Waals surface area contributed by atoms with Crippen LogP contribution in [0.4, 0.5) is 0 Å². The Hall–Kier alpha value is -0.990. The van der Waals surface area contributed by atoms with Gasteiger partial charge in [-0.05, 0) is 13.8 Å². The Morgan fingerprint density at radius 2 is 1.54 bits per heavy atom. The van der Waals surface area contributed by atoms with E-state index in [1.807, 2.05) is 0 Å². The van der Waals surface area contributed by atoms with Crippen molar-refractivity contribution in [3.05, 3.63) is 32.6 Å². The van der Waals surface area contributed by atoms with Crippen LogP contribution in [-0.2, 0) is 33.8 Å². The predicted molar refractivity (Wildman–Crippen MR) is 89.8 cm³/mol. The Morgan fingerprint density at radius 3 is 1.93 bits per heavy atom. The third-order valence-electron chi connectivity index (χ3n) is 2.36. The molecule has 1 aromatic heterocycles. The van der Waals surface area contributed by atoms with E-state index in [1.54, 1.807) is 13.8 Å². The van der Waals surface area contributed by atoms with Crippen LogP contribution >= 0.6 is 23.5 Å². The first-order valence-corrected chi connectivity index (χ1v) is 11.4. The fourth-order valence-corrected chi connectivity index (χ4v) is 3.80. The molecule has 1 rings (SSSR count). The maximum Gasteiger partial charge on any atom is 0.490 e. The fourth-order valence-electron chi connectivity index (χ4n) is 1.26. The van der Waals surface area contributed by atoms with Crippen molar-refractivity contribution in [2.45, 2.75) is 26.7 Å². The molecule has 0 aliphatic carbocycles. The quantitative estimate of drug-likeness (QED) is 0.213. The molecule has 0 aliphatic rings. The zero-order valence-electron chi connectivity index (χ0n) is 14.3. The second-order valence-corrected chi connectivity index (χ2v) is 9.15. The third-order valence-corrected chi connectivity index (χ3v) is 5.72. The van der Waals surface area contributed by atoms with E-state index >= 15 is 0 Å². The highest BCUT2D eigenvalue weighted by Crippen LogP contribution is 2.64. The molecule has 0 saturated carbocycles. The van der Waals surface area contributed by atoms with E-state index in [1.165, 1.54) is 10.8 Å². The summed E-state index contributed by atoms with van der Waals surface area (Å²) in [5.74, 6) is 0. The van der Waals surface area contributed by atoms with E-state index in [4.69, 9.17) is 34.3 Å². The molecule has 1 aromatic rings. The highest BCUT2D eigenvalue weighted by atomic mass is 31.3. The highest BCUT2D eigenvalue weighted by molar-refractivity contribution is 7.66. The molecule has 1 atom stereocenters. The first-order chi connectivity index (χ1) is 12.5. The molecule has 164 valence electrons. The summed E-state index contributed by atoms with van der Waals surface area (Å²) in [6, 6.07) is 0. The molecule has 1 unspecified atom stereocenters. The third kappa shape index (κ3) is 12.5. The fraction of sp³-hybridized carbons (Fsp3) is 0.556. The number of hydrogen-bond acceptors (Lipinski definition) is 9. The van der Waals surface area contributed by atoms with Crippen molar-refractivity contribution < 1.29 is 56.6 Å². The van der Waals surface area contributed by atoms with Gasteiger partial charge in [0, 0.05) is 11.8 Å². The molecule has 19 heteroatoms. The minimum atomic E-state index is -5.46. The lowest BCUT2D eigenvalue weighted by atomic mass is 10.4. The molecular formula is C9H19N2O14P3. The van der Waals surface area contributed by atoms with Crippen LogP contribution < -0.4 is 11.2 Å². The summed E-state index contributed by atoms with van der Waals surface area (Å²) in [6.07, 6.45) is 1.08. The van der Waals surface area contributed by atoms with Gasteiger partial charge >= 0.3 is 29.2 Å². The van der Waals surface area contributed by atoms with E-state index in [-0.39, 0.29) is 19.4 Å². The van der Waals surface area contributed by atoms with Crippen LogP contribution in [-0.4, -0.2) is 51.8 Å². The molecule has 0 bridgehead atoms. The number of aliphatic hydroxyl groups is 1. The monoisotopic (exact) mass is 472 g/mol. The molecule has 28 heavy (non-hydrogen) atoms. The Kier molecular flexibility index (Phi) is 10.3. The average molecular weight is 472 g/mol.